The maximum Gasteiger partial charge on any atom is 0.339 e. The van der Waals surface area contributed by atoms with Crippen molar-refractivity contribution in [2.24, 2.45) is 0 Å². The Kier molecular flexibility index (Phi) is 6.12. The molecule has 0 unspecified atom stereocenters. The number of rotatable bonds is 6. The number of methoxy groups -OCH3 is 1. The molecule has 1 amide bonds. The SMILES string of the molecule is COC(=O)c1cc(-c2cccc(COc3ccc4c(c3)CN(C3CC=CC3)C4=O)c2)ccc1Cl. The van der Waals surface area contributed by atoms with E-state index in [1.807, 2.05) is 53.4 Å². The van der Waals surface area contributed by atoms with Crippen molar-refractivity contribution in [1.82, 2.24) is 4.90 Å². The van der Waals surface area contributed by atoms with E-state index in [-0.39, 0.29) is 11.9 Å². The number of carbonyl (C=O) groups is 2. The normalized spacial score (nSPS) is 15.0. The molecule has 34 heavy (non-hydrogen) atoms. The van der Waals surface area contributed by atoms with E-state index in [1.165, 1.54) is 7.11 Å². The lowest BCUT2D eigenvalue weighted by atomic mass is 10.0. The van der Waals surface area contributed by atoms with Gasteiger partial charge in [0.05, 0.1) is 17.7 Å². The molecule has 5 nitrogen and oxygen atoms in total. The molecular weight excluding hydrogens is 450 g/mol. The Morgan fingerprint density at radius 3 is 2.62 bits per heavy atom. The van der Waals surface area contributed by atoms with Gasteiger partial charge in [0.1, 0.15) is 12.4 Å². The van der Waals surface area contributed by atoms with Crippen molar-refractivity contribution in [2.75, 3.05) is 7.11 Å². The molecule has 6 heteroatoms. The molecule has 0 atom stereocenters. The number of halogens is 1. The Hall–Kier alpha value is -3.57. The molecule has 1 heterocycles. The van der Waals surface area contributed by atoms with Gasteiger partial charge in [0.25, 0.3) is 5.91 Å². The van der Waals surface area contributed by atoms with Gasteiger partial charge in [-0.25, -0.2) is 4.79 Å². The molecule has 3 aromatic carbocycles. The second-order valence-corrected chi connectivity index (χ2v) is 8.93. The second-order valence-electron chi connectivity index (χ2n) is 8.52. The molecule has 0 fully saturated rings. The number of carbonyl (C=O) groups excluding carboxylic acids is 2. The first kappa shape index (κ1) is 22.2. The van der Waals surface area contributed by atoms with Gasteiger partial charge in [-0.15, -0.1) is 0 Å². The minimum Gasteiger partial charge on any atom is -0.489 e. The van der Waals surface area contributed by atoms with Crippen LogP contribution < -0.4 is 4.74 Å². The third kappa shape index (κ3) is 4.31. The van der Waals surface area contributed by atoms with Crippen LogP contribution in [0.4, 0.5) is 0 Å². The summed E-state index contributed by atoms with van der Waals surface area (Å²) < 4.78 is 10.9. The first-order chi connectivity index (χ1) is 16.5. The van der Waals surface area contributed by atoms with Gasteiger partial charge in [-0.1, -0.05) is 48.0 Å². The highest BCUT2D eigenvalue weighted by molar-refractivity contribution is 6.33. The summed E-state index contributed by atoms with van der Waals surface area (Å²) >= 11 is 6.15. The number of hydrogen-bond donors (Lipinski definition) is 0. The van der Waals surface area contributed by atoms with Crippen molar-refractivity contribution >= 4 is 23.5 Å². The summed E-state index contributed by atoms with van der Waals surface area (Å²) in [6.45, 7) is 1.01. The van der Waals surface area contributed by atoms with E-state index in [9.17, 15) is 9.59 Å². The van der Waals surface area contributed by atoms with Crippen molar-refractivity contribution in [3.05, 3.63) is 100 Å². The molecule has 0 spiro atoms. The highest BCUT2D eigenvalue weighted by Crippen LogP contribution is 2.32. The Morgan fingerprint density at radius 1 is 1.03 bits per heavy atom. The second kappa shape index (κ2) is 9.35. The van der Waals surface area contributed by atoms with Crippen LogP contribution in [-0.2, 0) is 17.9 Å². The van der Waals surface area contributed by atoms with Crippen LogP contribution in [0.15, 0.2) is 72.8 Å². The van der Waals surface area contributed by atoms with Crippen LogP contribution in [0.2, 0.25) is 5.02 Å². The summed E-state index contributed by atoms with van der Waals surface area (Å²) in [5, 5.41) is 0.355. The molecule has 0 saturated carbocycles. The highest BCUT2D eigenvalue weighted by Gasteiger charge is 2.33. The molecule has 0 bridgehead atoms. The molecular formula is C28H24ClNO4. The van der Waals surface area contributed by atoms with Crippen LogP contribution in [0.1, 0.15) is 44.7 Å². The minimum atomic E-state index is -0.468. The number of fused-ring (bicyclic) bond motifs is 1. The Labute approximate surface area is 203 Å². The van der Waals surface area contributed by atoms with E-state index >= 15 is 0 Å². The minimum absolute atomic E-state index is 0.109. The van der Waals surface area contributed by atoms with E-state index in [2.05, 4.69) is 12.2 Å². The lowest BCUT2D eigenvalue weighted by Gasteiger charge is -2.23. The fraction of sp³-hybridized carbons (Fsp3) is 0.214. The lowest BCUT2D eigenvalue weighted by Crippen LogP contribution is -2.33. The molecule has 0 aromatic heterocycles. The van der Waals surface area contributed by atoms with Crippen LogP contribution >= 0.6 is 11.6 Å². The topological polar surface area (TPSA) is 55.8 Å². The predicted molar refractivity (Wildman–Crippen MR) is 131 cm³/mol. The number of amides is 1. The molecule has 2 aliphatic rings. The third-order valence-electron chi connectivity index (χ3n) is 6.37. The fourth-order valence-corrected chi connectivity index (χ4v) is 4.73. The first-order valence-electron chi connectivity index (χ1n) is 11.2. The molecule has 172 valence electrons. The molecule has 1 aliphatic heterocycles. The van der Waals surface area contributed by atoms with E-state index in [1.54, 1.807) is 12.1 Å². The summed E-state index contributed by atoms with van der Waals surface area (Å²) in [5.74, 6) is 0.379. The summed E-state index contributed by atoms with van der Waals surface area (Å²) in [4.78, 5) is 26.7. The monoisotopic (exact) mass is 473 g/mol. The number of esters is 1. The van der Waals surface area contributed by atoms with E-state index in [0.29, 0.717) is 23.7 Å². The average molecular weight is 474 g/mol. The van der Waals surface area contributed by atoms with Gasteiger partial charge in [0.15, 0.2) is 0 Å². The number of hydrogen-bond acceptors (Lipinski definition) is 4. The molecule has 0 saturated heterocycles. The maximum atomic E-state index is 12.8. The van der Waals surface area contributed by atoms with Crippen molar-refractivity contribution in [2.45, 2.75) is 32.0 Å². The number of ether oxygens (including phenoxy) is 2. The zero-order valence-corrected chi connectivity index (χ0v) is 19.5. The maximum absolute atomic E-state index is 12.8. The van der Waals surface area contributed by atoms with Gasteiger partial charge in [-0.05, 0) is 71.5 Å². The van der Waals surface area contributed by atoms with E-state index in [0.717, 1.165) is 46.4 Å². The summed E-state index contributed by atoms with van der Waals surface area (Å²) in [6, 6.07) is 19.2. The molecule has 1 aliphatic carbocycles. The Morgan fingerprint density at radius 2 is 1.82 bits per heavy atom. The lowest BCUT2D eigenvalue weighted by molar-refractivity contribution is 0.0600. The number of nitrogens with zero attached hydrogens (tertiary/aromatic N) is 1. The van der Waals surface area contributed by atoms with E-state index in [4.69, 9.17) is 21.1 Å². The Bertz CT molecular complexity index is 1290. The highest BCUT2D eigenvalue weighted by atomic mass is 35.5. The molecule has 3 aromatic rings. The Balaban J connectivity index is 1.29. The smallest absolute Gasteiger partial charge is 0.339 e. The van der Waals surface area contributed by atoms with Gasteiger partial charge >= 0.3 is 5.97 Å². The standard InChI is InChI=1S/C28H24ClNO4/c1-33-28(32)25-15-20(9-12-26(25)29)19-6-4-5-18(13-19)17-34-23-10-11-24-21(14-23)16-30(27(24)31)22-7-2-3-8-22/h2-6,9-15,22H,7-8,16-17H2,1H3. The van der Waals surface area contributed by atoms with E-state index < -0.39 is 5.97 Å². The molecule has 0 N–H and O–H groups in total. The van der Waals surface area contributed by atoms with Crippen molar-refractivity contribution in [3.8, 4) is 16.9 Å². The molecule has 0 radical (unpaired) electrons. The summed E-state index contributed by atoms with van der Waals surface area (Å²) in [7, 11) is 1.33. The van der Waals surface area contributed by atoms with Gasteiger partial charge < -0.3 is 14.4 Å². The van der Waals surface area contributed by atoms with Crippen LogP contribution in [-0.4, -0.2) is 29.9 Å². The van der Waals surface area contributed by atoms with Crippen molar-refractivity contribution in [1.29, 1.82) is 0 Å². The zero-order valence-electron chi connectivity index (χ0n) is 18.8. The van der Waals surface area contributed by atoms with Crippen molar-refractivity contribution < 1.29 is 19.1 Å². The van der Waals surface area contributed by atoms with Gasteiger partial charge in [0.2, 0.25) is 0 Å². The predicted octanol–water partition coefficient (Wildman–Crippen LogP) is 6.05. The fourth-order valence-electron chi connectivity index (χ4n) is 4.54. The molecule has 5 rings (SSSR count). The third-order valence-corrected chi connectivity index (χ3v) is 6.70. The van der Waals surface area contributed by atoms with Gasteiger partial charge in [0, 0.05) is 18.2 Å². The largest absolute Gasteiger partial charge is 0.489 e. The van der Waals surface area contributed by atoms with Crippen LogP contribution in [0.5, 0.6) is 5.75 Å². The zero-order chi connectivity index (χ0) is 23.7. The van der Waals surface area contributed by atoms with Crippen LogP contribution in [0.25, 0.3) is 11.1 Å². The van der Waals surface area contributed by atoms with Crippen LogP contribution in [0, 0.1) is 0 Å². The van der Waals surface area contributed by atoms with Crippen LogP contribution in [0.3, 0.4) is 0 Å². The van der Waals surface area contributed by atoms with Gasteiger partial charge in [-0.3, -0.25) is 4.79 Å². The number of benzene rings is 3. The van der Waals surface area contributed by atoms with Crippen molar-refractivity contribution in [3.63, 3.8) is 0 Å². The summed E-state index contributed by atoms with van der Waals surface area (Å²) in [6.07, 6.45) is 6.14. The first-order valence-corrected chi connectivity index (χ1v) is 11.6. The average Bonchev–Trinajstić information content (AvgIpc) is 3.51. The quantitative estimate of drug-likeness (QED) is 0.323. The summed E-state index contributed by atoms with van der Waals surface area (Å²) in [5.41, 5.74) is 4.92. The van der Waals surface area contributed by atoms with Gasteiger partial charge in [-0.2, -0.15) is 0 Å².